The summed E-state index contributed by atoms with van der Waals surface area (Å²) in [4.78, 5) is 0. The Balaban J connectivity index is 1.12. The summed E-state index contributed by atoms with van der Waals surface area (Å²) in [7, 11) is 0. The minimum atomic E-state index is 0.0318. The van der Waals surface area contributed by atoms with Gasteiger partial charge in [-0.05, 0) is 69.3 Å². The second-order valence-corrected chi connectivity index (χ2v) is 10.9. The molecule has 4 rings (SSSR count). The molecule has 34 heavy (non-hydrogen) atoms. The Morgan fingerprint density at radius 2 is 1.24 bits per heavy atom. The average molecular weight is 469 g/mol. The number of para-hydroxylation sites is 4. The maximum atomic E-state index is 6.09. The highest BCUT2D eigenvalue weighted by atomic mass is 16.6. The van der Waals surface area contributed by atoms with E-state index in [9.17, 15) is 0 Å². The first-order valence-electron chi connectivity index (χ1n) is 12.5. The Kier molecular flexibility index (Phi) is 7.89. The molecule has 6 nitrogen and oxygen atoms in total. The van der Waals surface area contributed by atoms with E-state index in [1.54, 1.807) is 0 Å². The highest BCUT2D eigenvalue weighted by Gasteiger charge is 2.27. The van der Waals surface area contributed by atoms with E-state index in [0.717, 1.165) is 61.9 Å². The van der Waals surface area contributed by atoms with Crippen LogP contribution in [0.15, 0.2) is 48.5 Å². The predicted molar refractivity (Wildman–Crippen MR) is 135 cm³/mol. The van der Waals surface area contributed by atoms with Crippen molar-refractivity contribution in [1.82, 2.24) is 10.6 Å². The van der Waals surface area contributed by atoms with Gasteiger partial charge in [-0.3, -0.25) is 0 Å². The van der Waals surface area contributed by atoms with E-state index in [2.05, 4.69) is 38.3 Å². The van der Waals surface area contributed by atoms with Crippen LogP contribution in [-0.2, 0) is 0 Å². The van der Waals surface area contributed by atoms with E-state index in [1.807, 2.05) is 48.5 Å². The van der Waals surface area contributed by atoms with E-state index in [-0.39, 0.29) is 23.2 Å². The van der Waals surface area contributed by atoms with E-state index in [0.29, 0.717) is 13.2 Å². The zero-order valence-electron chi connectivity index (χ0n) is 21.1. The second kappa shape index (κ2) is 10.9. The molecule has 0 bridgehead atoms. The minimum absolute atomic E-state index is 0.0318. The maximum Gasteiger partial charge on any atom is 0.161 e. The average Bonchev–Trinajstić information content (AvgIpc) is 2.84. The molecule has 2 aromatic rings. The molecular formula is C28H40N2O4. The first-order valence-corrected chi connectivity index (χ1v) is 12.5. The fraction of sp³-hybridized carbons (Fsp3) is 0.571. The molecule has 0 spiro atoms. The number of fused-ring (bicyclic) bond motifs is 2. The molecule has 2 aromatic carbocycles. The summed E-state index contributed by atoms with van der Waals surface area (Å²) < 4.78 is 23.8. The van der Waals surface area contributed by atoms with Gasteiger partial charge in [-0.25, -0.2) is 0 Å². The van der Waals surface area contributed by atoms with Crippen molar-refractivity contribution >= 4 is 0 Å². The Hall–Kier alpha value is -2.44. The maximum absolute atomic E-state index is 6.09. The van der Waals surface area contributed by atoms with Crippen LogP contribution >= 0.6 is 0 Å². The summed E-state index contributed by atoms with van der Waals surface area (Å²) in [6, 6.07) is 15.7. The molecule has 2 heterocycles. The molecule has 2 aliphatic rings. The highest BCUT2D eigenvalue weighted by Crippen LogP contribution is 2.33. The zero-order chi connectivity index (χ0) is 24.0. The van der Waals surface area contributed by atoms with E-state index >= 15 is 0 Å². The van der Waals surface area contributed by atoms with Crippen LogP contribution in [0.3, 0.4) is 0 Å². The van der Waals surface area contributed by atoms with Crippen molar-refractivity contribution in [2.75, 3.05) is 32.8 Å². The summed E-state index contributed by atoms with van der Waals surface area (Å²) in [6.45, 7) is 13.0. The third-order valence-corrected chi connectivity index (χ3v) is 6.72. The lowest BCUT2D eigenvalue weighted by molar-refractivity contribution is 0.0826. The van der Waals surface area contributed by atoms with Crippen LogP contribution in [0.1, 0.15) is 47.0 Å². The largest absolute Gasteiger partial charge is 0.486 e. The lowest BCUT2D eigenvalue weighted by atomic mass is 9.80. The number of benzene rings is 2. The third-order valence-electron chi connectivity index (χ3n) is 6.72. The molecule has 0 amide bonds. The van der Waals surface area contributed by atoms with Gasteiger partial charge in [-0.15, -0.1) is 0 Å². The molecule has 6 heteroatoms. The summed E-state index contributed by atoms with van der Waals surface area (Å²) in [5.41, 5.74) is 0.289. The van der Waals surface area contributed by atoms with Gasteiger partial charge >= 0.3 is 0 Å². The fourth-order valence-electron chi connectivity index (χ4n) is 4.27. The normalized spacial score (nSPS) is 19.6. The molecule has 2 aliphatic heterocycles. The lowest BCUT2D eigenvalue weighted by Gasteiger charge is -2.34. The van der Waals surface area contributed by atoms with Gasteiger partial charge in [0.1, 0.15) is 25.4 Å². The molecule has 0 radical (unpaired) electrons. The standard InChI is InChI=1S/C28H40N2O4/c1-27(2,15-16-29-17-21-19-31-23-9-5-7-11-25(23)33-21)13-14-28(3,4)30-18-22-20-32-24-10-6-8-12-26(24)34-22/h5-12,21-22,29-30H,13-20H2,1-4H3. The van der Waals surface area contributed by atoms with Crippen LogP contribution in [0.5, 0.6) is 23.0 Å². The Morgan fingerprint density at radius 3 is 1.82 bits per heavy atom. The van der Waals surface area contributed by atoms with Crippen LogP contribution in [-0.4, -0.2) is 50.6 Å². The summed E-state index contributed by atoms with van der Waals surface area (Å²) in [5, 5.41) is 7.26. The van der Waals surface area contributed by atoms with Gasteiger partial charge in [0.15, 0.2) is 23.0 Å². The van der Waals surface area contributed by atoms with Gasteiger partial charge in [-0.2, -0.15) is 0 Å². The monoisotopic (exact) mass is 468 g/mol. The number of hydrogen-bond donors (Lipinski definition) is 2. The topological polar surface area (TPSA) is 61.0 Å². The van der Waals surface area contributed by atoms with E-state index in [1.165, 1.54) is 0 Å². The summed E-state index contributed by atoms with van der Waals surface area (Å²) in [6.07, 6.45) is 3.45. The van der Waals surface area contributed by atoms with Gasteiger partial charge in [0.05, 0.1) is 0 Å². The number of ether oxygens (including phenoxy) is 4. The Labute approximate surface area is 204 Å². The molecule has 186 valence electrons. The molecule has 2 unspecified atom stereocenters. The predicted octanol–water partition coefficient (Wildman–Crippen LogP) is 4.82. The van der Waals surface area contributed by atoms with E-state index < -0.39 is 0 Å². The summed E-state index contributed by atoms with van der Waals surface area (Å²) >= 11 is 0. The van der Waals surface area contributed by atoms with Crippen molar-refractivity contribution in [1.29, 1.82) is 0 Å². The van der Waals surface area contributed by atoms with Crippen LogP contribution in [0.25, 0.3) is 0 Å². The van der Waals surface area contributed by atoms with E-state index in [4.69, 9.17) is 18.9 Å². The number of rotatable bonds is 11. The Morgan fingerprint density at radius 1 is 0.706 bits per heavy atom. The zero-order valence-corrected chi connectivity index (χ0v) is 21.1. The first-order chi connectivity index (χ1) is 16.3. The summed E-state index contributed by atoms with van der Waals surface area (Å²) in [5.74, 6) is 3.34. The molecule has 0 aliphatic carbocycles. The highest BCUT2D eigenvalue weighted by molar-refractivity contribution is 5.41. The van der Waals surface area contributed by atoms with Crippen molar-refractivity contribution in [2.24, 2.45) is 5.41 Å². The van der Waals surface area contributed by atoms with Gasteiger partial charge in [0.25, 0.3) is 0 Å². The van der Waals surface area contributed by atoms with Crippen molar-refractivity contribution in [3.8, 4) is 23.0 Å². The number of nitrogens with one attached hydrogen (secondary N) is 2. The van der Waals surface area contributed by atoms with Gasteiger partial charge in [0.2, 0.25) is 0 Å². The molecule has 0 saturated heterocycles. The molecule has 0 fully saturated rings. The van der Waals surface area contributed by atoms with Gasteiger partial charge in [-0.1, -0.05) is 38.1 Å². The van der Waals surface area contributed by atoms with Gasteiger partial charge in [0, 0.05) is 18.6 Å². The minimum Gasteiger partial charge on any atom is -0.486 e. The smallest absolute Gasteiger partial charge is 0.161 e. The molecule has 0 saturated carbocycles. The quantitative estimate of drug-likeness (QED) is 0.461. The van der Waals surface area contributed by atoms with Crippen molar-refractivity contribution in [2.45, 2.75) is 64.7 Å². The molecule has 2 atom stereocenters. The van der Waals surface area contributed by atoms with Crippen LogP contribution < -0.4 is 29.6 Å². The van der Waals surface area contributed by atoms with Crippen LogP contribution in [0.4, 0.5) is 0 Å². The number of hydrogen-bond acceptors (Lipinski definition) is 6. The third kappa shape index (κ3) is 7.03. The second-order valence-electron chi connectivity index (χ2n) is 10.9. The lowest BCUT2D eigenvalue weighted by Crippen LogP contribution is -2.47. The molecular weight excluding hydrogens is 428 g/mol. The first kappa shape index (κ1) is 24.7. The van der Waals surface area contributed by atoms with Crippen LogP contribution in [0, 0.1) is 5.41 Å². The van der Waals surface area contributed by atoms with Crippen molar-refractivity contribution in [3.63, 3.8) is 0 Å². The van der Waals surface area contributed by atoms with Crippen molar-refractivity contribution < 1.29 is 18.9 Å². The Bertz CT molecular complexity index is 930. The van der Waals surface area contributed by atoms with Crippen molar-refractivity contribution in [3.05, 3.63) is 48.5 Å². The van der Waals surface area contributed by atoms with Crippen LogP contribution in [0.2, 0.25) is 0 Å². The molecule has 0 aromatic heterocycles. The molecule has 2 N–H and O–H groups in total. The van der Waals surface area contributed by atoms with Gasteiger partial charge < -0.3 is 29.6 Å². The fourth-order valence-corrected chi connectivity index (χ4v) is 4.27. The SMILES string of the molecule is CC(C)(CCNCC1COc2ccccc2O1)CCC(C)(C)NCC1COc2ccccc2O1.